The lowest BCUT2D eigenvalue weighted by Crippen LogP contribution is -2.18. The van der Waals surface area contributed by atoms with E-state index < -0.39 is 22.5 Å². The van der Waals surface area contributed by atoms with Gasteiger partial charge in [0, 0.05) is 19.8 Å². The van der Waals surface area contributed by atoms with Gasteiger partial charge in [0.25, 0.3) is 0 Å². The summed E-state index contributed by atoms with van der Waals surface area (Å²) in [6, 6.07) is 3.65. The van der Waals surface area contributed by atoms with Gasteiger partial charge in [-0.2, -0.15) is 0 Å². The Labute approximate surface area is 153 Å². The van der Waals surface area contributed by atoms with E-state index in [0.717, 1.165) is 5.56 Å². The maximum absolute atomic E-state index is 13.0. The third-order valence-corrected chi connectivity index (χ3v) is 6.61. The molecule has 6 nitrogen and oxygen atoms in total. The van der Waals surface area contributed by atoms with Crippen LogP contribution < -0.4 is 9.47 Å². The zero-order chi connectivity index (χ0) is 19.4. The molecule has 0 aliphatic carbocycles. The highest BCUT2D eigenvalue weighted by atomic mass is 31.2. The first-order chi connectivity index (χ1) is 11.5. The van der Waals surface area contributed by atoms with Crippen LogP contribution in [0.15, 0.2) is 12.1 Å². The second-order valence-corrected chi connectivity index (χ2v) is 11.2. The third-order valence-electron chi connectivity index (χ3n) is 3.71. The van der Waals surface area contributed by atoms with E-state index in [9.17, 15) is 4.57 Å². The molecule has 25 heavy (non-hydrogen) atoms. The van der Waals surface area contributed by atoms with E-state index in [1.54, 1.807) is 14.2 Å². The summed E-state index contributed by atoms with van der Waals surface area (Å²) in [4.78, 5) is 0. The molecule has 1 rings (SSSR count). The Morgan fingerprint density at radius 1 is 0.960 bits per heavy atom. The van der Waals surface area contributed by atoms with Crippen molar-refractivity contribution in [2.45, 2.75) is 45.1 Å². The Hall–Kier alpha value is -0.853. The first-order valence-electron chi connectivity index (χ1n) is 7.98. The molecule has 8 heteroatoms. The van der Waals surface area contributed by atoms with Crippen molar-refractivity contribution >= 4 is 16.6 Å². The van der Waals surface area contributed by atoms with E-state index in [4.69, 9.17) is 22.9 Å². The fourth-order valence-corrected chi connectivity index (χ4v) is 5.40. The maximum atomic E-state index is 13.0. The molecule has 143 valence electrons. The Balaban J connectivity index is 3.64. The quantitative estimate of drug-likeness (QED) is 0.472. The molecule has 0 aliphatic heterocycles. The Morgan fingerprint density at radius 2 is 1.40 bits per heavy atom. The number of rotatable bonds is 8. The molecule has 0 aliphatic rings. The molecule has 1 atom stereocenters. The summed E-state index contributed by atoms with van der Waals surface area (Å²) in [5.41, 5.74) is 1.38. The van der Waals surface area contributed by atoms with E-state index in [-0.39, 0.29) is 5.41 Å². The van der Waals surface area contributed by atoms with Crippen LogP contribution in [0.3, 0.4) is 0 Å². The highest BCUT2D eigenvalue weighted by molar-refractivity contribution is 7.54. The summed E-state index contributed by atoms with van der Waals surface area (Å²) in [5, 5.41) is 0. The standard InChI is InChI=1S/C17H30O6PSi/c1-17(2,3)15-13(19-4)10-12(11-14(15)20-5)16(23-25(8)9)24(18,21-6)22-7/h10-11,16H,1-9H3. The van der Waals surface area contributed by atoms with Gasteiger partial charge in [-0.25, -0.2) is 0 Å². The molecule has 0 fully saturated rings. The van der Waals surface area contributed by atoms with Crippen molar-refractivity contribution in [1.29, 1.82) is 0 Å². The number of hydrogen-bond acceptors (Lipinski definition) is 6. The summed E-state index contributed by atoms with van der Waals surface area (Å²) in [6.07, 6.45) is 0. The molecule has 1 aromatic carbocycles. The first-order valence-corrected chi connectivity index (χ1v) is 12.0. The van der Waals surface area contributed by atoms with Gasteiger partial charge in [0.05, 0.1) is 14.2 Å². The summed E-state index contributed by atoms with van der Waals surface area (Å²) < 4.78 is 40.6. The highest BCUT2D eigenvalue weighted by Crippen LogP contribution is 2.61. The SMILES string of the molecule is COc1cc(C(O[Si](C)C)P(=O)(OC)OC)cc(OC)c1C(C)(C)C. The van der Waals surface area contributed by atoms with Crippen LogP contribution in [0.4, 0.5) is 0 Å². The number of methoxy groups -OCH3 is 2. The van der Waals surface area contributed by atoms with Gasteiger partial charge in [0.15, 0.2) is 5.85 Å². The molecule has 0 spiro atoms. The van der Waals surface area contributed by atoms with Gasteiger partial charge >= 0.3 is 7.60 Å². The Bertz CT molecular complexity index is 593. The fraction of sp³-hybridized carbons (Fsp3) is 0.647. The van der Waals surface area contributed by atoms with E-state index in [2.05, 4.69) is 20.8 Å². The summed E-state index contributed by atoms with van der Waals surface area (Å²) in [7, 11) is 1.25. The topological polar surface area (TPSA) is 63.2 Å². The van der Waals surface area contributed by atoms with Crippen LogP contribution in [0.2, 0.25) is 13.1 Å². The third kappa shape index (κ3) is 5.08. The van der Waals surface area contributed by atoms with Gasteiger partial charge in [0.2, 0.25) is 9.04 Å². The van der Waals surface area contributed by atoms with Crippen LogP contribution >= 0.6 is 7.60 Å². The van der Waals surface area contributed by atoms with E-state index in [1.807, 2.05) is 25.2 Å². The second kappa shape index (κ2) is 8.69. The van der Waals surface area contributed by atoms with Crippen molar-refractivity contribution in [3.8, 4) is 11.5 Å². The number of hydrogen-bond donors (Lipinski definition) is 0. The first kappa shape index (κ1) is 22.2. The lowest BCUT2D eigenvalue weighted by molar-refractivity contribution is 0.192. The van der Waals surface area contributed by atoms with Crippen molar-refractivity contribution in [3.05, 3.63) is 23.3 Å². The van der Waals surface area contributed by atoms with Crippen molar-refractivity contribution in [2.75, 3.05) is 28.4 Å². The van der Waals surface area contributed by atoms with Crippen molar-refractivity contribution in [1.82, 2.24) is 0 Å². The minimum atomic E-state index is -3.49. The highest BCUT2D eigenvalue weighted by Gasteiger charge is 2.39. The molecule has 1 aromatic rings. The molecular weight excluding hydrogens is 359 g/mol. The van der Waals surface area contributed by atoms with E-state index in [1.165, 1.54) is 14.2 Å². The van der Waals surface area contributed by atoms with Crippen LogP contribution in [0.1, 0.15) is 37.7 Å². The van der Waals surface area contributed by atoms with Crippen LogP contribution in [-0.4, -0.2) is 37.5 Å². The van der Waals surface area contributed by atoms with Gasteiger partial charge < -0.3 is 22.9 Å². The van der Waals surface area contributed by atoms with Gasteiger partial charge in [-0.3, -0.25) is 4.57 Å². The fourth-order valence-electron chi connectivity index (χ4n) is 2.62. The smallest absolute Gasteiger partial charge is 0.362 e. The van der Waals surface area contributed by atoms with Gasteiger partial charge in [0.1, 0.15) is 11.5 Å². The predicted octanol–water partition coefficient (Wildman–Crippen LogP) is 4.75. The lowest BCUT2D eigenvalue weighted by atomic mass is 9.85. The van der Waals surface area contributed by atoms with E-state index in [0.29, 0.717) is 17.1 Å². The molecule has 0 aromatic heterocycles. The zero-order valence-electron chi connectivity index (χ0n) is 16.6. The number of benzene rings is 1. The van der Waals surface area contributed by atoms with Crippen LogP contribution in [0, 0.1) is 0 Å². The van der Waals surface area contributed by atoms with Crippen LogP contribution in [0.5, 0.6) is 11.5 Å². The van der Waals surface area contributed by atoms with Crippen molar-refractivity contribution in [3.63, 3.8) is 0 Å². The number of ether oxygens (including phenoxy) is 2. The minimum absolute atomic E-state index is 0.192. The molecule has 1 unspecified atom stereocenters. The van der Waals surface area contributed by atoms with E-state index >= 15 is 0 Å². The molecule has 0 saturated heterocycles. The molecule has 0 bridgehead atoms. The maximum Gasteiger partial charge on any atom is 0.362 e. The Kier molecular flexibility index (Phi) is 7.71. The predicted molar refractivity (Wildman–Crippen MR) is 101 cm³/mol. The molecule has 1 radical (unpaired) electrons. The lowest BCUT2D eigenvalue weighted by Gasteiger charge is -2.29. The summed E-state index contributed by atoms with van der Waals surface area (Å²) in [5.74, 6) is 0.452. The normalized spacial score (nSPS) is 13.8. The monoisotopic (exact) mass is 389 g/mol. The molecule has 0 N–H and O–H groups in total. The molecule has 0 saturated carbocycles. The average molecular weight is 389 g/mol. The summed E-state index contributed by atoms with van der Waals surface area (Å²) in [6.45, 7) is 10.2. The molecule has 0 amide bonds. The zero-order valence-corrected chi connectivity index (χ0v) is 18.5. The molecule has 0 heterocycles. The van der Waals surface area contributed by atoms with Gasteiger partial charge in [-0.05, 0) is 36.2 Å². The Morgan fingerprint density at radius 3 is 1.68 bits per heavy atom. The second-order valence-electron chi connectivity index (χ2n) is 6.83. The van der Waals surface area contributed by atoms with Crippen molar-refractivity contribution in [2.24, 2.45) is 0 Å². The largest absolute Gasteiger partial charge is 0.496 e. The van der Waals surface area contributed by atoms with Crippen LogP contribution in [-0.2, 0) is 23.5 Å². The van der Waals surface area contributed by atoms with Gasteiger partial charge in [-0.15, -0.1) is 0 Å². The van der Waals surface area contributed by atoms with Crippen molar-refractivity contribution < 1.29 is 27.5 Å². The average Bonchev–Trinajstić information content (AvgIpc) is 2.56. The van der Waals surface area contributed by atoms with Gasteiger partial charge in [-0.1, -0.05) is 20.8 Å². The van der Waals surface area contributed by atoms with Crippen LogP contribution in [0.25, 0.3) is 0 Å². The molecular formula is C17H30O6PSi. The minimum Gasteiger partial charge on any atom is -0.496 e. The summed E-state index contributed by atoms with van der Waals surface area (Å²) >= 11 is 0.